The maximum atomic E-state index is 13.5. The van der Waals surface area contributed by atoms with Crippen LogP contribution in [0, 0.1) is 0 Å². The number of carbonyl (C=O) groups excluding carboxylic acids is 3. The fraction of sp³-hybridized carbons (Fsp3) is 0.438. The summed E-state index contributed by atoms with van der Waals surface area (Å²) < 4.78 is 12.6. The van der Waals surface area contributed by atoms with Gasteiger partial charge in [-0.1, -0.05) is 12.1 Å². The Labute approximate surface area is 253 Å². The van der Waals surface area contributed by atoms with E-state index in [1.54, 1.807) is 34.4 Å². The third kappa shape index (κ3) is 8.57. The van der Waals surface area contributed by atoms with Crippen LogP contribution in [0.5, 0.6) is 11.5 Å². The lowest BCUT2D eigenvalue weighted by atomic mass is 10.0. The molecule has 0 radical (unpaired) electrons. The van der Waals surface area contributed by atoms with Crippen LogP contribution in [0.1, 0.15) is 37.6 Å². The lowest BCUT2D eigenvalue weighted by Gasteiger charge is -2.29. The Hall–Kier alpha value is -4.38. The van der Waals surface area contributed by atoms with Crippen LogP contribution in [0.15, 0.2) is 60.9 Å². The van der Waals surface area contributed by atoms with E-state index in [9.17, 15) is 14.4 Å². The molecule has 11 heteroatoms. The first-order valence-corrected chi connectivity index (χ1v) is 14.6. The van der Waals surface area contributed by atoms with Gasteiger partial charge in [-0.2, -0.15) is 0 Å². The summed E-state index contributed by atoms with van der Waals surface area (Å²) in [6.07, 6.45) is 5.59. The monoisotopic (exact) mass is 590 g/mol. The highest BCUT2D eigenvalue weighted by Gasteiger charge is 2.30. The molecule has 1 aliphatic heterocycles. The number of amides is 3. The van der Waals surface area contributed by atoms with Gasteiger partial charge in [0, 0.05) is 51.1 Å². The summed E-state index contributed by atoms with van der Waals surface area (Å²) in [6.45, 7) is 4.11. The molecule has 1 saturated heterocycles. The van der Waals surface area contributed by atoms with Crippen molar-refractivity contribution in [3.05, 3.63) is 72.3 Å². The van der Waals surface area contributed by atoms with Crippen LogP contribution < -0.4 is 20.1 Å². The topological polar surface area (TPSA) is 118 Å². The van der Waals surface area contributed by atoms with Crippen molar-refractivity contribution in [2.24, 2.45) is 0 Å². The van der Waals surface area contributed by atoms with E-state index in [1.165, 1.54) is 4.90 Å². The molecular formula is C32H42N6O5. The average molecular weight is 591 g/mol. The number of hydrogen-bond acceptors (Lipinski definition) is 7. The first kappa shape index (κ1) is 31.6. The molecule has 2 N–H and O–H groups in total. The lowest BCUT2D eigenvalue weighted by Crippen LogP contribution is -2.54. The summed E-state index contributed by atoms with van der Waals surface area (Å²) >= 11 is 0. The normalized spacial score (nSPS) is 19.6. The molecule has 0 spiro atoms. The molecule has 43 heavy (non-hydrogen) atoms. The first-order valence-electron chi connectivity index (χ1n) is 14.6. The summed E-state index contributed by atoms with van der Waals surface area (Å²) in [7, 11) is 4.83. The first-order chi connectivity index (χ1) is 20.8. The second-order valence-corrected chi connectivity index (χ2v) is 10.7. The number of carbonyl (C=O) groups is 3. The number of nitrogens with zero attached hydrogens (tertiary/aromatic N) is 4. The zero-order valence-corrected chi connectivity index (χ0v) is 25.4. The minimum atomic E-state index is -0.806. The quantitative estimate of drug-likeness (QED) is 0.434. The molecule has 0 saturated carbocycles. The van der Waals surface area contributed by atoms with Crippen LogP contribution in [-0.2, 0) is 27.3 Å². The van der Waals surface area contributed by atoms with Crippen LogP contribution in [0.2, 0.25) is 0 Å². The molecule has 2 atom stereocenters. The Bertz CT molecular complexity index is 1360. The van der Waals surface area contributed by atoms with Gasteiger partial charge in [0.05, 0.1) is 20.8 Å². The number of methoxy groups -OCH3 is 2. The van der Waals surface area contributed by atoms with Crippen LogP contribution in [-0.4, -0.2) is 90.1 Å². The van der Waals surface area contributed by atoms with E-state index in [0.29, 0.717) is 51.2 Å². The highest BCUT2D eigenvalue weighted by molar-refractivity contribution is 5.92. The van der Waals surface area contributed by atoms with E-state index in [4.69, 9.17) is 9.47 Å². The number of rotatable bonds is 7. The smallest absolute Gasteiger partial charge is 0.245 e. The van der Waals surface area contributed by atoms with Crippen LogP contribution in [0.3, 0.4) is 0 Å². The van der Waals surface area contributed by atoms with Crippen LogP contribution >= 0.6 is 0 Å². The Balaban J connectivity index is 1.48. The number of nitrogens with one attached hydrogen (secondary N) is 2. The Morgan fingerprint density at radius 3 is 2.26 bits per heavy atom. The number of hydrogen-bond donors (Lipinski definition) is 2. The average Bonchev–Trinajstić information content (AvgIpc) is 3.49. The summed E-state index contributed by atoms with van der Waals surface area (Å²) in [5.41, 5.74) is 1.85. The molecule has 2 aromatic carbocycles. The van der Waals surface area contributed by atoms with Gasteiger partial charge in [0.15, 0.2) is 0 Å². The number of imidazole rings is 1. The number of ether oxygens (including phenoxy) is 2. The molecule has 0 aliphatic carbocycles. The highest BCUT2D eigenvalue weighted by Crippen LogP contribution is 2.18. The summed E-state index contributed by atoms with van der Waals surface area (Å²) in [4.78, 5) is 47.8. The molecule has 11 nitrogen and oxygen atoms in total. The van der Waals surface area contributed by atoms with Gasteiger partial charge in [0.2, 0.25) is 17.7 Å². The van der Waals surface area contributed by atoms with E-state index in [-0.39, 0.29) is 24.1 Å². The molecule has 0 unspecified atom stereocenters. The van der Waals surface area contributed by atoms with E-state index in [1.807, 2.05) is 59.3 Å². The van der Waals surface area contributed by atoms with Crippen molar-refractivity contribution in [2.75, 3.05) is 40.9 Å². The molecule has 0 bridgehead atoms. The summed E-state index contributed by atoms with van der Waals surface area (Å²) in [5.74, 6) is 1.61. The van der Waals surface area contributed by atoms with Crippen LogP contribution in [0.4, 0.5) is 0 Å². The largest absolute Gasteiger partial charge is 0.497 e. The van der Waals surface area contributed by atoms with E-state index >= 15 is 0 Å². The number of benzene rings is 2. The maximum Gasteiger partial charge on any atom is 0.245 e. The van der Waals surface area contributed by atoms with Crippen molar-refractivity contribution < 1.29 is 23.9 Å². The van der Waals surface area contributed by atoms with Gasteiger partial charge in [0.1, 0.15) is 29.4 Å². The van der Waals surface area contributed by atoms with E-state index in [0.717, 1.165) is 22.8 Å². The lowest BCUT2D eigenvalue weighted by molar-refractivity contribution is -0.141. The summed E-state index contributed by atoms with van der Waals surface area (Å²) in [5, 5.41) is 5.91. The predicted octanol–water partition coefficient (Wildman–Crippen LogP) is 2.57. The van der Waals surface area contributed by atoms with Crippen molar-refractivity contribution in [2.45, 2.75) is 51.2 Å². The van der Waals surface area contributed by atoms with Crippen molar-refractivity contribution in [3.63, 3.8) is 0 Å². The van der Waals surface area contributed by atoms with Gasteiger partial charge in [-0.3, -0.25) is 19.3 Å². The van der Waals surface area contributed by atoms with Gasteiger partial charge in [0.25, 0.3) is 0 Å². The molecular weight excluding hydrogens is 548 g/mol. The Morgan fingerprint density at radius 2 is 1.58 bits per heavy atom. The van der Waals surface area contributed by atoms with Gasteiger partial charge in [-0.25, -0.2) is 4.98 Å². The molecule has 1 fully saturated rings. The predicted molar refractivity (Wildman–Crippen MR) is 163 cm³/mol. The molecule has 3 amide bonds. The molecule has 3 aromatic rings. The zero-order chi connectivity index (χ0) is 30.8. The van der Waals surface area contributed by atoms with Crippen LogP contribution in [0.25, 0.3) is 5.69 Å². The van der Waals surface area contributed by atoms with Crippen molar-refractivity contribution in [3.8, 4) is 17.2 Å². The second kappa shape index (κ2) is 15.2. The van der Waals surface area contributed by atoms with Crippen molar-refractivity contribution in [1.82, 2.24) is 30.0 Å². The molecule has 4 rings (SSSR count). The highest BCUT2D eigenvalue weighted by atomic mass is 16.5. The number of aromatic nitrogens is 2. The molecule has 1 aliphatic rings. The van der Waals surface area contributed by atoms with Gasteiger partial charge in [-0.05, 0) is 68.3 Å². The minimum absolute atomic E-state index is 0.202. The third-order valence-electron chi connectivity index (χ3n) is 7.80. The SMILES string of the molecule is COc1ccc(C[C@@H]2NC(=O)CCCN(Cc3nccn3-c3ccc(OC)cc3)CCCNC(=O)[C@H](C)N(C)C2=O)cc1. The number of likely N-dealkylation sites (N-methyl/N-ethyl adjacent to an activating group) is 1. The fourth-order valence-electron chi connectivity index (χ4n) is 5.10. The van der Waals surface area contributed by atoms with Crippen molar-refractivity contribution >= 4 is 17.7 Å². The third-order valence-corrected chi connectivity index (χ3v) is 7.80. The Morgan fingerprint density at radius 1 is 0.930 bits per heavy atom. The zero-order valence-electron chi connectivity index (χ0n) is 25.4. The minimum Gasteiger partial charge on any atom is -0.497 e. The van der Waals surface area contributed by atoms with E-state index in [2.05, 4.69) is 20.5 Å². The standard InChI is InChI=1S/C32H42N6O5/c1-23-31(40)34-16-6-19-37(22-29-33-17-20-38(29)25-10-14-27(43-4)15-11-25)18-5-7-30(39)35-28(32(41)36(23)2)21-24-8-12-26(42-3)13-9-24/h8-15,17,20,23,28H,5-7,16,18-19,21-22H2,1-4H3,(H,34,40)(H,35,39)/t23-,28-/m0/s1. The van der Waals surface area contributed by atoms with E-state index < -0.39 is 12.1 Å². The molecule has 1 aromatic heterocycles. The van der Waals surface area contributed by atoms with Gasteiger partial charge < -0.3 is 29.6 Å². The van der Waals surface area contributed by atoms with Crippen molar-refractivity contribution in [1.29, 1.82) is 0 Å². The Kier molecular flexibility index (Phi) is 11.2. The fourth-order valence-corrected chi connectivity index (χ4v) is 5.10. The van der Waals surface area contributed by atoms with Gasteiger partial charge in [-0.15, -0.1) is 0 Å². The van der Waals surface area contributed by atoms with Gasteiger partial charge >= 0.3 is 0 Å². The molecule has 230 valence electrons. The summed E-state index contributed by atoms with van der Waals surface area (Å²) in [6, 6.07) is 13.7. The molecule has 2 heterocycles. The second-order valence-electron chi connectivity index (χ2n) is 10.7. The maximum absolute atomic E-state index is 13.5.